The molecule has 3 N–H and O–H groups in total. The lowest BCUT2D eigenvalue weighted by Gasteiger charge is -2.19. The minimum atomic E-state index is -0.0909. The molecule has 0 aliphatic carbocycles. The molecular weight excluding hydrogens is 260 g/mol. The Labute approximate surface area is 125 Å². The Morgan fingerprint density at radius 1 is 1.24 bits per heavy atom. The molecule has 0 bridgehead atoms. The second-order valence-corrected chi connectivity index (χ2v) is 5.72. The minimum Gasteiger partial charge on any atom is -0.352 e. The van der Waals surface area contributed by atoms with Crippen LogP contribution in [0.25, 0.3) is 0 Å². The number of carbonyl (C=O) groups is 1. The molecule has 1 unspecified atom stereocenters. The summed E-state index contributed by atoms with van der Waals surface area (Å²) < 4.78 is 0. The summed E-state index contributed by atoms with van der Waals surface area (Å²) >= 11 is 0. The van der Waals surface area contributed by atoms with E-state index >= 15 is 0 Å². The third kappa shape index (κ3) is 2.98. The zero-order chi connectivity index (χ0) is 14.8. The van der Waals surface area contributed by atoms with Crippen molar-refractivity contribution in [3.63, 3.8) is 0 Å². The molecule has 1 atom stereocenters. The van der Waals surface area contributed by atoms with Gasteiger partial charge in [-0.1, -0.05) is 42.0 Å². The Morgan fingerprint density at radius 2 is 2.10 bits per heavy atom. The van der Waals surface area contributed by atoms with Crippen LogP contribution in [0.15, 0.2) is 42.5 Å². The second-order valence-electron chi connectivity index (χ2n) is 5.72. The van der Waals surface area contributed by atoms with Crippen LogP contribution in [-0.4, -0.2) is 12.5 Å². The highest BCUT2D eigenvalue weighted by molar-refractivity contribution is 5.96. The van der Waals surface area contributed by atoms with Crippen LogP contribution in [0.3, 0.4) is 0 Å². The van der Waals surface area contributed by atoms with E-state index in [0.29, 0.717) is 0 Å². The maximum atomic E-state index is 11.9. The van der Waals surface area contributed by atoms with Crippen molar-refractivity contribution < 1.29 is 4.79 Å². The van der Waals surface area contributed by atoms with E-state index in [1.165, 1.54) is 11.1 Å². The number of fused-ring (bicyclic) bond motifs is 1. The fourth-order valence-electron chi connectivity index (χ4n) is 2.87. The zero-order valence-electron chi connectivity index (χ0n) is 12.2. The van der Waals surface area contributed by atoms with Crippen LogP contribution >= 0.6 is 0 Å². The van der Waals surface area contributed by atoms with E-state index in [9.17, 15) is 4.79 Å². The first-order valence-electron chi connectivity index (χ1n) is 7.35. The monoisotopic (exact) mass is 280 g/mol. The van der Waals surface area contributed by atoms with E-state index in [1.807, 2.05) is 12.1 Å². The maximum absolute atomic E-state index is 11.9. The van der Waals surface area contributed by atoms with Gasteiger partial charge >= 0.3 is 0 Å². The van der Waals surface area contributed by atoms with E-state index in [0.717, 1.165) is 36.1 Å². The van der Waals surface area contributed by atoms with Crippen molar-refractivity contribution in [3.05, 3.63) is 70.3 Å². The van der Waals surface area contributed by atoms with Gasteiger partial charge in [0.25, 0.3) is 5.91 Å². The number of nitrogens with one attached hydrogen (secondary N) is 1. The molecule has 0 saturated carbocycles. The van der Waals surface area contributed by atoms with Gasteiger partial charge in [-0.25, -0.2) is 0 Å². The van der Waals surface area contributed by atoms with Gasteiger partial charge in [0.2, 0.25) is 0 Å². The summed E-state index contributed by atoms with van der Waals surface area (Å²) in [6.45, 7) is 2.80. The number of nitrogens with two attached hydrogens (primary N) is 1. The number of carbonyl (C=O) groups excluding carboxylic acids is 1. The van der Waals surface area contributed by atoms with Gasteiger partial charge in [0.15, 0.2) is 0 Å². The molecule has 0 radical (unpaired) electrons. The highest BCUT2D eigenvalue weighted by Gasteiger charge is 2.18. The summed E-state index contributed by atoms with van der Waals surface area (Å²) in [5, 5.41) is 2.88. The summed E-state index contributed by atoms with van der Waals surface area (Å²) in [4.78, 5) is 11.9. The van der Waals surface area contributed by atoms with Gasteiger partial charge in [-0.3, -0.25) is 4.79 Å². The molecule has 108 valence electrons. The highest BCUT2D eigenvalue weighted by Crippen LogP contribution is 2.22. The molecule has 3 nitrogen and oxygen atoms in total. The Balaban J connectivity index is 1.83. The SMILES string of the molecule is Cc1cccc(CC(N)c2ccc3c(c2)C(=O)NCC3)c1. The van der Waals surface area contributed by atoms with E-state index in [1.54, 1.807) is 0 Å². The van der Waals surface area contributed by atoms with Crippen LogP contribution in [0.5, 0.6) is 0 Å². The molecule has 3 heteroatoms. The van der Waals surface area contributed by atoms with Crippen LogP contribution in [0.4, 0.5) is 0 Å². The number of rotatable bonds is 3. The smallest absolute Gasteiger partial charge is 0.251 e. The Kier molecular flexibility index (Phi) is 3.76. The van der Waals surface area contributed by atoms with Gasteiger partial charge in [0.05, 0.1) is 0 Å². The van der Waals surface area contributed by atoms with Gasteiger partial charge in [0, 0.05) is 18.2 Å². The maximum Gasteiger partial charge on any atom is 0.251 e. The van der Waals surface area contributed by atoms with Gasteiger partial charge in [-0.15, -0.1) is 0 Å². The van der Waals surface area contributed by atoms with E-state index in [2.05, 4.69) is 42.6 Å². The topological polar surface area (TPSA) is 55.1 Å². The first-order chi connectivity index (χ1) is 10.1. The predicted molar refractivity (Wildman–Crippen MR) is 84.3 cm³/mol. The molecule has 0 spiro atoms. The minimum absolute atomic E-state index is 0.0147. The summed E-state index contributed by atoms with van der Waals surface area (Å²) in [7, 11) is 0. The van der Waals surface area contributed by atoms with E-state index in [-0.39, 0.29) is 11.9 Å². The first kappa shape index (κ1) is 13.8. The number of aryl methyl sites for hydroxylation is 1. The van der Waals surface area contributed by atoms with Crippen molar-refractivity contribution >= 4 is 5.91 Å². The molecule has 21 heavy (non-hydrogen) atoms. The zero-order valence-corrected chi connectivity index (χ0v) is 12.2. The van der Waals surface area contributed by atoms with Crippen molar-refractivity contribution in [1.82, 2.24) is 5.32 Å². The van der Waals surface area contributed by atoms with E-state index < -0.39 is 0 Å². The highest BCUT2D eigenvalue weighted by atomic mass is 16.1. The molecule has 0 aromatic heterocycles. The molecule has 1 aliphatic heterocycles. The van der Waals surface area contributed by atoms with Crippen molar-refractivity contribution in [2.75, 3.05) is 6.54 Å². The standard InChI is InChI=1S/C18H20N2O/c1-12-3-2-4-13(9-12)10-17(19)15-6-5-14-7-8-20-18(21)16(14)11-15/h2-6,9,11,17H,7-8,10,19H2,1H3,(H,20,21). The lowest BCUT2D eigenvalue weighted by atomic mass is 9.93. The quantitative estimate of drug-likeness (QED) is 0.907. The van der Waals surface area contributed by atoms with Crippen LogP contribution in [0, 0.1) is 6.92 Å². The molecular formula is C18H20N2O. The first-order valence-corrected chi connectivity index (χ1v) is 7.35. The van der Waals surface area contributed by atoms with E-state index in [4.69, 9.17) is 5.73 Å². The Bertz CT molecular complexity index is 679. The Morgan fingerprint density at radius 3 is 2.90 bits per heavy atom. The molecule has 0 saturated heterocycles. The number of amides is 1. The van der Waals surface area contributed by atoms with Crippen LogP contribution in [-0.2, 0) is 12.8 Å². The van der Waals surface area contributed by atoms with Crippen molar-refractivity contribution in [3.8, 4) is 0 Å². The second kappa shape index (κ2) is 5.70. The third-order valence-electron chi connectivity index (χ3n) is 4.02. The lowest BCUT2D eigenvalue weighted by Crippen LogP contribution is -2.32. The summed E-state index contributed by atoms with van der Waals surface area (Å²) in [6, 6.07) is 14.3. The molecule has 2 aromatic carbocycles. The van der Waals surface area contributed by atoms with Gasteiger partial charge in [0.1, 0.15) is 0 Å². The molecule has 1 aliphatic rings. The van der Waals surface area contributed by atoms with Gasteiger partial charge < -0.3 is 11.1 Å². The lowest BCUT2D eigenvalue weighted by molar-refractivity contribution is 0.0946. The largest absolute Gasteiger partial charge is 0.352 e. The third-order valence-corrected chi connectivity index (χ3v) is 4.02. The molecule has 0 fully saturated rings. The van der Waals surface area contributed by atoms with Crippen molar-refractivity contribution in [2.45, 2.75) is 25.8 Å². The molecule has 2 aromatic rings. The fraction of sp³-hybridized carbons (Fsp3) is 0.278. The molecule has 1 amide bonds. The molecule has 1 heterocycles. The van der Waals surface area contributed by atoms with Crippen molar-refractivity contribution in [1.29, 1.82) is 0 Å². The van der Waals surface area contributed by atoms with Crippen LogP contribution in [0.2, 0.25) is 0 Å². The average molecular weight is 280 g/mol. The average Bonchev–Trinajstić information content (AvgIpc) is 2.47. The number of hydrogen-bond acceptors (Lipinski definition) is 2. The summed E-state index contributed by atoms with van der Waals surface area (Å²) in [5.41, 5.74) is 11.7. The van der Waals surface area contributed by atoms with Crippen LogP contribution in [0.1, 0.15) is 38.7 Å². The van der Waals surface area contributed by atoms with Gasteiger partial charge in [-0.05, 0) is 42.5 Å². The van der Waals surface area contributed by atoms with Gasteiger partial charge in [-0.2, -0.15) is 0 Å². The number of benzene rings is 2. The van der Waals surface area contributed by atoms with Crippen LogP contribution < -0.4 is 11.1 Å². The summed E-state index contributed by atoms with van der Waals surface area (Å²) in [6.07, 6.45) is 1.68. The number of hydrogen-bond donors (Lipinski definition) is 2. The Hall–Kier alpha value is -2.13. The summed E-state index contributed by atoms with van der Waals surface area (Å²) in [5.74, 6) is 0.0147. The fourth-order valence-corrected chi connectivity index (χ4v) is 2.87. The van der Waals surface area contributed by atoms with Crippen molar-refractivity contribution in [2.24, 2.45) is 5.73 Å². The normalized spacial score (nSPS) is 15.2. The molecule has 3 rings (SSSR count). The predicted octanol–water partition coefficient (Wildman–Crippen LogP) is 2.52.